The highest BCUT2D eigenvalue weighted by Crippen LogP contribution is 2.56. The Balaban J connectivity index is 1.42. The topological polar surface area (TPSA) is 25.8 Å². The van der Waals surface area contributed by atoms with E-state index in [0.29, 0.717) is 0 Å². The van der Waals surface area contributed by atoms with Crippen LogP contribution in [0.4, 0.5) is 0 Å². The number of nitrogens with zero attached hydrogens (tertiary/aromatic N) is 2. The maximum atomic E-state index is 5.30. The van der Waals surface area contributed by atoms with E-state index in [-0.39, 0.29) is 11.8 Å². The molecule has 1 heterocycles. The third-order valence-electron chi connectivity index (χ3n) is 8.38. The van der Waals surface area contributed by atoms with Gasteiger partial charge in [0.1, 0.15) is 0 Å². The summed E-state index contributed by atoms with van der Waals surface area (Å²) in [5, 5.41) is 4.79. The van der Waals surface area contributed by atoms with Crippen LogP contribution in [-0.4, -0.2) is 9.97 Å². The number of hydrogen-bond acceptors (Lipinski definition) is 2. The van der Waals surface area contributed by atoms with Crippen molar-refractivity contribution in [2.75, 3.05) is 0 Å². The lowest BCUT2D eigenvalue weighted by molar-refractivity contribution is 0.756. The number of rotatable bonds is 0. The van der Waals surface area contributed by atoms with Gasteiger partial charge < -0.3 is 0 Å². The fourth-order valence-electron chi connectivity index (χ4n) is 6.94. The third kappa shape index (κ3) is 2.23. The fraction of sp³-hybridized carbons (Fsp3) is 0.0588. The van der Waals surface area contributed by atoms with Crippen molar-refractivity contribution in [1.29, 1.82) is 0 Å². The second-order valence-electron chi connectivity index (χ2n) is 10.1. The molecule has 0 radical (unpaired) electrons. The first kappa shape index (κ1) is 18.7. The van der Waals surface area contributed by atoms with E-state index in [1.807, 2.05) is 0 Å². The molecule has 0 N–H and O–H groups in total. The molecule has 3 aliphatic carbocycles. The molecule has 0 aliphatic heterocycles. The van der Waals surface area contributed by atoms with Crippen LogP contribution in [0.3, 0.4) is 0 Å². The molecule has 0 spiro atoms. The van der Waals surface area contributed by atoms with Crippen molar-refractivity contribution in [3.63, 3.8) is 0 Å². The highest BCUT2D eigenvalue weighted by atomic mass is 14.8. The van der Waals surface area contributed by atoms with Crippen molar-refractivity contribution in [2.45, 2.75) is 11.8 Å². The van der Waals surface area contributed by atoms with Gasteiger partial charge in [-0.3, -0.25) is 0 Å². The van der Waals surface area contributed by atoms with Crippen molar-refractivity contribution >= 4 is 43.6 Å². The molecule has 3 aliphatic rings. The molecule has 2 nitrogen and oxygen atoms in total. The summed E-state index contributed by atoms with van der Waals surface area (Å²) >= 11 is 0. The highest BCUT2D eigenvalue weighted by molar-refractivity contribution is 6.23. The Bertz CT molecular complexity index is 1880. The summed E-state index contributed by atoms with van der Waals surface area (Å²) in [5.74, 6) is 0.486. The normalized spacial score (nSPS) is 17.4. The Morgan fingerprint density at radius 3 is 1.08 bits per heavy atom. The quantitative estimate of drug-likeness (QED) is 0.170. The van der Waals surface area contributed by atoms with Crippen molar-refractivity contribution < 1.29 is 0 Å². The van der Waals surface area contributed by atoms with Crippen LogP contribution in [0.2, 0.25) is 0 Å². The number of fused-ring (bicyclic) bond motifs is 7. The second-order valence-corrected chi connectivity index (χ2v) is 10.1. The van der Waals surface area contributed by atoms with Gasteiger partial charge in [-0.25, -0.2) is 9.97 Å². The van der Waals surface area contributed by atoms with Crippen molar-refractivity contribution in [3.8, 4) is 0 Å². The lowest BCUT2D eigenvalue weighted by Gasteiger charge is -2.42. The van der Waals surface area contributed by atoms with Gasteiger partial charge in [-0.2, -0.15) is 0 Å². The zero-order valence-electron chi connectivity index (χ0n) is 19.4. The standard InChI is InChI=1S/C34H20N2/c1-7-15-25-19(9-1)20-10-2-8-16-26(20)34-33(25)35-29-17-27-28(18-30(29)36-34)32-23-13-5-3-11-21(23)31(27)22-12-4-6-14-24(22)32/h1-18,31-32H. The molecule has 6 aromatic carbocycles. The maximum Gasteiger partial charge on any atom is 0.0979 e. The molecule has 0 amide bonds. The predicted octanol–water partition coefficient (Wildman–Crippen LogP) is 8.08. The highest BCUT2D eigenvalue weighted by Gasteiger charge is 2.41. The lowest BCUT2D eigenvalue weighted by atomic mass is 9.61. The molecule has 36 heavy (non-hydrogen) atoms. The molecule has 0 saturated carbocycles. The summed E-state index contributed by atoms with van der Waals surface area (Å²) in [6, 6.07) is 39.7. The Morgan fingerprint density at radius 2 is 0.694 bits per heavy atom. The van der Waals surface area contributed by atoms with Gasteiger partial charge in [-0.1, -0.05) is 97.1 Å². The molecule has 2 heteroatoms. The Hall–Kier alpha value is -4.56. The molecule has 0 fully saturated rings. The zero-order chi connectivity index (χ0) is 23.4. The van der Waals surface area contributed by atoms with E-state index in [9.17, 15) is 0 Å². The van der Waals surface area contributed by atoms with Crippen LogP contribution in [0.5, 0.6) is 0 Å². The zero-order valence-corrected chi connectivity index (χ0v) is 19.4. The summed E-state index contributed by atoms with van der Waals surface area (Å²) < 4.78 is 0. The van der Waals surface area contributed by atoms with E-state index in [1.165, 1.54) is 44.2 Å². The SMILES string of the molecule is c1ccc2c(c1)C1c3ccccc3C2c2cc3nc4c5ccccc5c5ccccc5c4nc3cc21. The molecule has 0 atom stereocenters. The van der Waals surface area contributed by atoms with Crippen LogP contribution in [-0.2, 0) is 0 Å². The summed E-state index contributed by atoms with van der Waals surface area (Å²) in [6.45, 7) is 0. The molecular formula is C34H20N2. The molecule has 166 valence electrons. The van der Waals surface area contributed by atoms with Gasteiger partial charge in [0.15, 0.2) is 0 Å². The largest absolute Gasteiger partial charge is 0.244 e. The number of hydrogen-bond donors (Lipinski definition) is 0. The summed E-state index contributed by atoms with van der Waals surface area (Å²) in [5.41, 5.74) is 12.4. The first-order valence-electron chi connectivity index (χ1n) is 12.6. The minimum atomic E-state index is 0.243. The van der Waals surface area contributed by atoms with Crippen LogP contribution in [0, 0.1) is 0 Å². The van der Waals surface area contributed by atoms with E-state index in [2.05, 4.69) is 109 Å². The van der Waals surface area contributed by atoms with Gasteiger partial charge in [0.05, 0.1) is 22.1 Å². The number of benzene rings is 6. The van der Waals surface area contributed by atoms with Crippen molar-refractivity contribution in [2.24, 2.45) is 0 Å². The van der Waals surface area contributed by atoms with Gasteiger partial charge in [-0.15, -0.1) is 0 Å². The maximum absolute atomic E-state index is 5.30. The average Bonchev–Trinajstić information content (AvgIpc) is 2.95. The average molecular weight is 457 g/mol. The van der Waals surface area contributed by atoms with Crippen LogP contribution in [0.15, 0.2) is 109 Å². The van der Waals surface area contributed by atoms with E-state index >= 15 is 0 Å². The third-order valence-corrected chi connectivity index (χ3v) is 8.38. The summed E-state index contributed by atoms with van der Waals surface area (Å²) in [4.78, 5) is 10.6. The number of aromatic nitrogens is 2. The van der Waals surface area contributed by atoms with E-state index < -0.39 is 0 Å². The van der Waals surface area contributed by atoms with Gasteiger partial charge in [-0.05, 0) is 56.3 Å². The Kier molecular flexibility index (Phi) is 3.41. The van der Waals surface area contributed by atoms with Crippen LogP contribution < -0.4 is 0 Å². The van der Waals surface area contributed by atoms with Crippen molar-refractivity contribution in [1.82, 2.24) is 9.97 Å². The smallest absolute Gasteiger partial charge is 0.0979 e. The van der Waals surface area contributed by atoms with Gasteiger partial charge in [0, 0.05) is 22.6 Å². The molecule has 10 rings (SSSR count). The summed E-state index contributed by atoms with van der Waals surface area (Å²) in [6.07, 6.45) is 0. The molecule has 7 aromatic rings. The van der Waals surface area contributed by atoms with Gasteiger partial charge in [0.25, 0.3) is 0 Å². The minimum absolute atomic E-state index is 0.243. The van der Waals surface area contributed by atoms with Crippen molar-refractivity contribution in [3.05, 3.63) is 143 Å². The molecule has 0 saturated heterocycles. The van der Waals surface area contributed by atoms with Gasteiger partial charge in [0.2, 0.25) is 0 Å². The van der Waals surface area contributed by atoms with E-state index in [1.54, 1.807) is 0 Å². The van der Waals surface area contributed by atoms with Crippen LogP contribution >= 0.6 is 0 Å². The molecule has 1 aromatic heterocycles. The second kappa shape index (κ2) is 6.56. The monoisotopic (exact) mass is 456 g/mol. The van der Waals surface area contributed by atoms with Crippen LogP contribution in [0.1, 0.15) is 45.2 Å². The minimum Gasteiger partial charge on any atom is -0.244 e. The fourth-order valence-corrected chi connectivity index (χ4v) is 6.94. The first-order chi connectivity index (χ1) is 17.9. The Labute approximate surface area is 207 Å². The van der Waals surface area contributed by atoms with E-state index in [4.69, 9.17) is 9.97 Å². The van der Waals surface area contributed by atoms with E-state index in [0.717, 1.165) is 32.8 Å². The molecule has 0 unspecified atom stereocenters. The summed E-state index contributed by atoms with van der Waals surface area (Å²) in [7, 11) is 0. The predicted molar refractivity (Wildman–Crippen MR) is 147 cm³/mol. The van der Waals surface area contributed by atoms with Crippen LogP contribution in [0.25, 0.3) is 43.6 Å². The molecular weight excluding hydrogens is 436 g/mol. The lowest BCUT2D eigenvalue weighted by Crippen LogP contribution is -2.27. The van der Waals surface area contributed by atoms with Gasteiger partial charge >= 0.3 is 0 Å². The Morgan fingerprint density at radius 1 is 0.361 bits per heavy atom. The first-order valence-corrected chi connectivity index (χ1v) is 12.6. The molecule has 2 bridgehead atoms.